The van der Waals surface area contributed by atoms with Crippen molar-refractivity contribution < 1.29 is 9.53 Å². The van der Waals surface area contributed by atoms with Gasteiger partial charge in [0.15, 0.2) is 0 Å². The molecule has 166 valence electrons. The highest BCUT2D eigenvalue weighted by atomic mass is 16.5. The third kappa shape index (κ3) is 3.72. The highest BCUT2D eigenvalue weighted by Crippen LogP contribution is 2.32. The van der Waals surface area contributed by atoms with Crippen molar-refractivity contribution in [2.24, 2.45) is 5.92 Å². The van der Waals surface area contributed by atoms with Crippen LogP contribution in [0.4, 0.5) is 5.69 Å². The van der Waals surface area contributed by atoms with E-state index in [0.717, 1.165) is 58.0 Å². The Hall–Kier alpha value is -3.78. The van der Waals surface area contributed by atoms with E-state index in [0.29, 0.717) is 13.1 Å². The fraction of sp³-hybridized carbons (Fsp3) is 0.280. The maximum atomic E-state index is 12.3. The number of hydrogen-bond donors (Lipinski definition) is 2. The smallest absolute Gasteiger partial charge is 0.312 e. The molecule has 4 aromatic rings. The zero-order chi connectivity index (χ0) is 22.4. The second-order valence-corrected chi connectivity index (χ2v) is 8.71. The summed E-state index contributed by atoms with van der Waals surface area (Å²) in [5, 5.41) is 4.15. The third-order valence-electron chi connectivity index (χ3n) is 6.33. The van der Waals surface area contributed by atoms with Gasteiger partial charge in [-0.15, -0.1) is 0 Å². The second-order valence-electron chi connectivity index (χ2n) is 8.71. The number of nitrogens with one attached hydrogen (secondary N) is 2. The summed E-state index contributed by atoms with van der Waals surface area (Å²) in [4.78, 5) is 31.5. The molecule has 5 heterocycles. The molecule has 3 aromatic heterocycles. The first-order chi connectivity index (χ1) is 16.1. The van der Waals surface area contributed by atoms with E-state index < -0.39 is 0 Å². The highest BCUT2D eigenvalue weighted by molar-refractivity contribution is 5.89. The van der Waals surface area contributed by atoms with Crippen LogP contribution in [0.15, 0.2) is 55.0 Å². The van der Waals surface area contributed by atoms with Crippen molar-refractivity contribution in [3.8, 4) is 22.6 Å². The van der Waals surface area contributed by atoms with Gasteiger partial charge < -0.3 is 19.9 Å². The Bertz CT molecular complexity index is 1340. The van der Waals surface area contributed by atoms with E-state index in [4.69, 9.17) is 4.74 Å². The SMILES string of the molecule is Cc1cccc(-c2[nH]cnc2-c2ccc3ncc(N4CC(C(=O)OC5CNC5)C4)cc3c2)n1. The molecular formula is C25H24N6O2. The summed E-state index contributed by atoms with van der Waals surface area (Å²) < 4.78 is 5.50. The molecule has 6 rings (SSSR count). The molecule has 8 heteroatoms. The van der Waals surface area contributed by atoms with E-state index >= 15 is 0 Å². The van der Waals surface area contributed by atoms with E-state index in [9.17, 15) is 4.79 Å². The number of esters is 1. The van der Waals surface area contributed by atoms with Gasteiger partial charge >= 0.3 is 5.97 Å². The average Bonchev–Trinajstić information content (AvgIpc) is 3.25. The van der Waals surface area contributed by atoms with Crippen LogP contribution in [0.3, 0.4) is 0 Å². The topological polar surface area (TPSA) is 96.0 Å². The van der Waals surface area contributed by atoms with Gasteiger partial charge in [0, 0.05) is 42.8 Å². The van der Waals surface area contributed by atoms with Crippen LogP contribution in [0, 0.1) is 12.8 Å². The lowest BCUT2D eigenvalue weighted by molar-refractivity contribution is -0.157. The first kappa shape index (κ1) is 19.9. The molecule has 2 aliphatic rings. The largest absolute Gasteiger partial charge is 0.459 e. The molecule has 0 radical (unpaired) electrons. The van der Waals surface area contributed by atoms with Crippen molar-refractivity contribution in [1.29, 1.82) is 0 Å². The van der Waals surface area contributed by atoms with Crippen molar-refractivity contribution in [1.82, 2.24) is 25.3 Å². The number of carbonyl (C=O) groups is 1. The number of imidazole rings is 1. The summed E-state index contributed by atoms with van der Waals surface area (Å²) in [6.07, 6.45) is 3.61. The number of rotatable bonds is 5. The van der Waals surface area contributed by atoms with Gasteiger partial charge in [0.25, 0.3) is 0 Å². The molecule has 0 saturated carbocycles. The number of aryl methyl sites for hydroxylation is 1. The molecule has 0 amide bonds. The Morgan fingerprint density at radius 3 is 2.79 bits per heavy atom. The summed E-state index contributed by atoms with van der Waals surface area (Å²) in [5.41, 5.74) is 6.51. The normalized spacial score (nSPS) is 16.5. The lowest BCUT2D eigenvalue weighted by Crippen LogP contribution is -2.55. The first-order valence-electron chi connectivity index (χ1n) is 11.2. The molecule has 1 aromatic carbocycles. The number of H-pyrrole nitrogens is 1. The molecule has 0 spiro atoms. The van der Waals surface area contributed by atoms with Gasteiger partial charge in [-0.2, -0.15) is 0 Å². The van der Waals surface area contributed by atoms with Gasteiger partial charge in [-0.25, -0.2) is 4.98 Å². The maximum absolute atomic E-state index is 12.3. The summed E-state index contributed by atoms with van der Waals surface area (Å²) in [6.45, 7) is 4.82. The molecule has 33 heavy (non-hydrogen) atoms. The molecule has 0 bridgehead atoms. The molecule has 0 aliphatic carbocycles. The van der Waals surface area contributed by atoms with Gasteiger partial charge in [-0.3, -0.25) is 14.8 Å². The quantitative estimate of drug-likeness (QED) is 0.461. The van der Waals surface area contributed by atoms with Crippen LogP contribution in [0.25, 0.3) is 33.5 Å². The number of ether oxygens (including phenoxy) is 1. The van der Waals surface area contributed by atoms with E-state index in [1.165, 1.54) is 0 Å². The van der Waals surface area contributed by atoms with Gasteiger partial charge in [-0.1, -0.05) is 12.1 Å². The minimum atomic E-state index is -0.0930. The number of carbonyl (C=O) groups excluding carboxylic acids is 1. The van der Waals surface area contributed by atoms with E-state index in [1.54, 1.807) is 6.33 Å². The second kappa shape index (κ2) is 7.97. The van der Waals surface area contributed by atoms with Gasteiger partial charge in [0.2, 0.25) is 0 Å². The minimum absolute atomic E-state index is 0.0363. The average molecular weight is 441 g/mol. The monoisotopic (exact) mass is 440 g/mol. The fourth-order valence-corrected chi connectivity index (χ4v) is 4.28. The van der Waals surface area contributed by atoms with Crippen LogP contribution in [-0.2, 0) is 9.53 Å². The van der Waals surface area contributed by atoms with Crippen molar-refractivity contribution in [2.45, 2.75) is 13.0 Å². The zero-order valence-electron chi connectivity index (χ0n) is 18.3. The molecular weight excluding hydrogens is 416 g/mol. The predicted molar refractivity (Wildman–Crippen MR) is 126 cm³/mol. The maximum Gasteiger partial charge on any atom is 0.312 e. The van der Waals surface area contributed by atoms with Crippen LogP contribution in [0.1, 0.15) is 5.69 Å². The Morgan fingerprint density at radius 1 is 1.12 bits per heavy atom. The number of hydrogen-bond acceptors (Lipinski definition) is 7. The number of aromatic amines is 1. The highest BCUT2D eigenvalue weighted by Gasteiger charge is 2.36. The van der Waals surface area contributed by atoms with Crippen LogP contribution in [0.5, 0.6) is 0 Å². The molecule has 0 unspecified atom stereocenters. The van der Waals surface area contributed by atoms with Gasteiger partial charge in [0.05, 0.1) is 46.7 Å². The predicted octanol–water partition coefficient (Wildman–Crippen LogP) is 2.95. The van der Waals surface area contributed by atoms with Crippen molar-refractivity contribution >= 4 is 22.6 Å². The molecule has 2 aliphatic heterocycles. The van der Waals surface area contributed by atoms with Gasteiger partial charge in [-0.05, 0) is 37.3 Å². The third-order valence-corrected chi connectivity index (χ3v) is 6.33. The van der Waals surface area contributed by atoms with E-state index in [-0.39, 0.29) is 18.0 Å². The first-order valence-corrected chi connectivity index (χ1v) is 11.2. The summed E-state index contributed by atoms with van der Waals surface area (Å²) in [5.74, 6) is -0.161. The Kier molecular flexibility index (Phi) is 4.80. The molecule has 2 saturated heterocycles. The van der Waals surface area contributed by atoms with E-state index in [1.807, 2.05) is 43.5 Å². The standard InChI is InChI=1S/C25H24N6O2/c1-15-3-2-4-22(30-15)24-23(28-14-29-24)16-5-6-21-17(7-16)8-19(9-27-21)31-12-18(13-31)25(32)33-20-10-26-11-20/h2-9,14,18,20,26H,10-13H2,1H3,(H,28,29). The lowest BCUT2D eigenvalue weighted by Gasteiger charge is -2.40. The zero-order valence-corrected chi connectivity index (χ0v) is 18.3. The lowest BCUT2D eigenvalue weighted by atomic mass is 9.99. The minimum Gasteiger partial charge on any atom is -0.459 e. The molecule has 8 nitrogen and oxygen atoms in total. The van der Waals surface area contributed by atoms with Crippen molar-refractivity contribution in [3.63, 3.8) is 0 Å². The number of anilines is 1. The number of benzene rings is 1. The number of nitrogens with zero attached hydrogens (tertiary/aromatic N) is 4. The Labute approximate surface area is 191 Å². The number of fused-ring (bicyclic) bond motifs is 1. The number of pyridine rings is 2. The molecule has 2 fully saturated rings. The van der Waals surface area contributed by atoms with Crippen molar-refractivity contribution in [3.05, 3.63) is 60.7 Å². The summed E-state index contributed by atoms with van der Waals surface area (Å²) >= 11 is 0. The van der Waals surface area contributed by atoms with Crippen LogP contribution in [-0.4, -0.2) is 58.2 Å². The van der Waals surface area contributed by atoms with E-state index in [2.05, 4.69) is 42.3 Å². The molecule has 0 atom stereocenters. The van der Waals surface area contributed by atoms with Crippen LogP contribution < -0.4 is 10.2 Å². The molecule has 2 N–H and O–H groups in total. The van der Waals surface area contributed by atoms with Crippen LogP contribution in [0.2, 0.25) is 0 Å². The van der Waals surface area contributed by atoms with Gasteiger partial charge in [0.1, 0.15) is 6.10 Å². The van der Waals surface area contributed by atoms with Crippen LogP contribution >= 0.6 is 0 Å². The van der Waals surface area contributed by atoms with Crippen molar-refractivity contribution in [2.75, 3.05) is 31.1 Å². The fourth-order valence-electron chi connectivity index (χ4n) is 4.28. The summed E-state index contributed by atoms with van der Waals surface area (Å²) in [7, 11) is 0. The Morgan fingerprint density at radius 2 is 2.00 bits per heavy atom. The summed E-state index contributed by atoms with van der Waals surface area (Å²) in [6, 6.07) is 14.2. The number of aromatic nitrogens is 4. The Balaban J connectivity index is 1.24.